The zero-order valence-corrected chi connectivity index (χ0v) is 17.9. The van der Waals surface area contributed by atoms with Gasteiger partial charge in [-0.2, -0.15) is 5.10 Å². The van der Waals surface area contributed by atoms with E-state index in [-0.39, 0.29) is 22.7 Å². The molecule has 0 aliphatic heterocycles. The van der Waals surface area contributed by atoms with E-state index in [2.05, 4.69) is 15.2 Å². The number of nitrogens with one attached hydrogen (secondary N) is 2. The minimum absolute atomic E-state index is 0.0126. The maximum Gasteiger partial charge on any atom is 0.335 e. The molecule has 0 amide bonds. The molecule has 3 rings (SSSR count). The summed E-state index contributed by atoms with van der Waals surface area (Å²) in [7, 11) is -2.90. The number of hydrogen-bond acceptors (Lipinski definition) is 8. The number of carboxylic acid groups (broad SMARTS) is 1. The Kier molecular flexibility index (Phi) is 6.88. The maximum atomic E-state index is 13.1. The predicted octanol–water partition coefficient (Wildman–Crippen LogP) is 3.55. The van der Waals surface area contributed by atoms with Gasteiger partial charge in [-0.05, 0) is 35.9 Å². The first-order valence-electron chi connectivity index (χ1n) is 9.28. The quantitative estimate of drug-likeness (QED) is 0.243. The van der Waals surface area contributed by atoms with Crippen molar-refractivity contribution in [3.63, 3.8) is 0 Å². The van der Waals surface area contributed by atoms with Crippen LogP contribution in [0.25, 0.3) is 0 Å². The van der Waals surface area contributed by atoms with Gasteiger partial charge in [-0.3, -0.25) is 20.3 Å². The van der Waals surface area contributed by atoms with Crippen molar-refractivity contribution < 1.29 is 28.0 Å². The predicted molar refractivity (Wildman–Crippen MR) is 122 cm³/mol. The molecule has 0 unspecified atom stereocenters. The Hall–Kier alpha value is -4.45. The van der Waals surface area contributed by atoms with Crippen molar-refractivity contribution in [3.05, 3.63) is 88.0 Å². The van der Waals surface area contributed by atoms with Gasteiger partial charge in [-0.1, -0.05) is 24.3 Å². The summed E-state index contributed by atoms with van der Waals surface area (Å²) in [5.74, 6) is -0.802. The van der Waals surface area contributed by atoms with Crippen molar-refractivity contribution in [2.24, 2.45) is 5.10 Å². The molecule has 0 heterocycles. The van der Waals surface area contributed by atoms with E-state index >= 15 is 0 Å². The van der Waals surface area contributed by atoms with Crippen LogP contribution in [0, 0.1) is 10.1 Å². The van der Waals surface area contributed by atoms with E-state index in [0.29, 0.717) is 5.56 Å². The highest BCUT2D eigenvalue weighted by atomic mass is 32.2. The van der Waals surface area contributed by atoms with E-state index in [1.165, 1.54) is 49.7 Å². The number of anilines is 2. The van der Waals surface area contributed by atoms with Gasteiger partial charge in [0.05, 0.1) is 35.2 Å². The molecule has 0 spiro atoms. The highest BCUT2D eigenvalue weighted by molar-refractivity contribution is 7.93. The van der Waals surface area contributed by atoms with Gasteiger partial charge in [0.2, 0.25) is 0 Å². The molecule has 0 atom stereocenters. The first kappa shape index (κ1) is 23.2. The first-order chi connectivity index (χ1) is 15.7. The number of ether oxygens (including phenoxy) is 1. The van der Waals surface area contributed by atoms with Crippen LogP contribution in [0.3, 0.4) is 0 Å². The van der Waals surface area contributed by atoms with E-state index in [9.17, 15) is 23.3 Å². The van der Waals surface area contributed by atoms with Crippen LogP contribution in [-0.4, -0.2) is 37.7 Å². The molecule has 0 bridgehead atoms. The highest BCUT2D eigenvalue weighted by Crippen LogP contribution is 2.31. The fourth-order valence-electron chi connectivity index (χ4n) is 2.76. The molecule has 3 N–H and O–H groups in total. The summed E-state index contributed by atoms with van der Waals surface area (Å²) in [4.78, 5) is 21.0. The van der Waals surface area contributed by atoms with Gasteiger partial charge in [-0.25, -0.2) is 13.2 Å². The Labute approximate surface area is 188 Å². The summed E-state index contributed by atoms with van der Waals surface area (Å²) in [6.07, 6.45) is 1.34. The van der Waals surface area contributed by atoms with Crippen molar-refractivity contribution in [1.82, 2.24) is 0 Å². The number of carbonyl (C=O) groups is 1. The van der Waals surface area contributed by atoms with Gasteiger partial charge in [0.25, 0.3) is 15.7 Å². The van der Waals surface area contributed by atoms with Crippen LogP contribution in [-0.2, 0) is 10.0 Å². The molecule has 0 radical (unpaired) electrons. The molecule has 3 aromatic carbocycles. The van der Waals surface area contributed by atoms with Crippen LogP contribution in [0.2, 0.25) is 0 Å². The monoisotopic (exact) mass is 470 g/mol. The van der Waals surface area contributed by atoms with Crippen molar-refractivity contribution in [3.8, 4) is 5.75 Å². The topological polar surface area (TPSA) is 160 Å². The number of hydrazone groups is 1. The molecule has 0 saturated carbocycles. The van der Waals surface area contributed by atoms with Gasteiger partial charge in [0.15, 0.2) is 0 Å². The lowest BCUT2D eigenvalue weighted by Gasteiger charge is -2.14. The largest absolute Gasteiger partial charge is 0.495 e. The number of benzene rings is 3. The molecule has 11 nitrogen and oxygen atoms in total. The summed E-state index contributed by atoms with van der Waals surface area (Å²) in [5.41, 5.74) is 2.93. The third kappa shape index (κ3) is 5.62. The molecule has 3 aromatic rings. The third-order valence-corrected chi connectivity index (χ3v) is 5.78. The molecule has 0 saturated heterocycles. The minimum atomic E-state index is -4.28. The number of carboxylic acids is 1. The minimum Gasteiger partial charge on any atom is -0.495 e. The Morgan fingerprint density at radius 3 is 2.42 bits per heavy atom. The number of methoxy groups -OCH3 is 1. The Bertz CT molecular complexity index is 1320. The van der Waals surface area contributed by atoms with Crippen LogP contribution in [0.4, 0.5) is 17.1 Å². The highest BCUT2D eigenvalue weighted by Gasteiger charge is 2.23. The number of para-hydroxylation sites is 2. The van der Waals surface area contributed by atoms with Crippen molar-refractivity contribution >= 4 is 39.3 Å². The zero-order valence-electron chi connectivity index (χ0n) is 17.1. The lowest BCUT2D eigenvalue weighted by molar-refractivity contribution is -0.385. The van der Waals surface area contributed by atoms with Crippen LogP contribution < -0.4 is 14.9 Å². The molecule has 170 valence electrons. The molecule has 12 heteroatoms. The number of nitrogens with zero attached hydrogens (tertiary/aromatic N) is 2. The van der Waals surface area contributed by atoms with E-state index in [4.69, 9.17) is 9.84 Å². The van der Waals surface area contributed by atoms with Gasteiger partial charge in [-0.15, -0.1) is 0 Å². The zero-order chi connectivity index (χ0) is 24.0. The Morgan fingerprint density at radius 1 is 1.09 bits per heavy atom. The normalized spacial score (nSPS) is 11.2. The number of nitro groups is 1. The van der Waals surface area contributed by atoms with E-state index < -0.39 is 31.5 Å². The smallest absolute Gasteiger partial charge is 0.335 e. The number of hydrogen-bond donors (Lipinski definition) is 3. The number of aromatic carboxylic acids is 1. The van der Waals surface area contributed by atoms with Gasteiger partial charge < -0.3 is 9.84 Å². The SMILES string of the molecule is COc1ccccc1NS(=O)(=O)c1cc([N+](=O)[O-])ccc1N/N=C/c1ccc(C(=O)O)cc1. The number of nitro benzene ring substituents is 1. The summed E-state index contributed by atoms with van der Waals surface area (Å²) in [6.45, 7) is 0. The van der Waals surface area contributed by atoms with E-state index in [0.717, 1.165) is 12.1 Å². The van der Waals surface area contributed by atoms with Crippen molar-refractivity contribution in [2.75, 3.05) is 17.3 Å². The van der Waals surface area contributed by atoms with E-state index in [1.54, 1.807) is 18.2 Å². The standard InChI is InChI=1S/C21H18N4O7S/c1-32-19-5-3-2-4-17(19)24-33(30,31)20-12-16(25(28)29)10-11-18(20)23-22-13-14-6-8-15(9-7-14)21(26)27/h2-13,23-24H,1H3,(H,26,27)/b22-13+. The van der Waals surface area contributed by atoms with Crippen LogP contribution in [0.5, 0.6) is 5.75 Å². The van der Waals surface area contributed by atoms with Gasteiger partial charge in [0, 0.05) is 12.1 Å². The van der Waals surface area contributed by atoms with Crippen LogP contribution >= 0.6 is 0 Å². The fourth-order valence-corrected chi connectivity index (χ4v) is 4.00. The average Bonchev–Trinajstić information content (AvgIpc) is 2.79. The summed E-state index contributed by atoms with van der Waals surface area (Å²) in [6, 6.07) is 15.4. The molecule has 0 aliphatic rings. The van der Waals surface area contributed by atoms with Crippen LogP contribution in [0.15, 0.2) is 76.7 Å². The van der Waals surface area contributed by atoms with Crippen molar-refractivity contribution in [1.29, 1.82) is 0 Å². The second-order valence-corrected chi connectivity index (χ2v) is 8.19. The van der Waals surface area contributed by atoms with E-state index in [1.807, 2.05) is 0 Å². The number of sulfonamides is 1. The molecule has 0 fully saturated rings. The summed E-state index contributed by atoms with van der Waals surface area (Å²) in [5, 5.41) is 24.1. The second-order valence-electron chi connectivity index (χ2n) is 6.54. The second kappa shape index (κ2) is 9.78. The average molecular weight is 470 g/mol. The fraction of sp³-hybridized carbons (Fsp3) is 0.0476. The van der Waals surface area contributed by atoms with Gasteiger partial charge in [0.1, 0.15) is 10.6 Å². The number of rotatable bonds is 9. The molecular weight excluding hydrogens is 452 g/mol. The van der Waals surface area contributed by atoms with Crippen molar-refractivity contribution in [2.45, 2.75) is 4.90 Å². The molecule has 33 heavy (non-hydrogen) atoms. The summed E-state index contributed by atoms with van der Waals surface area (Å²) < 4.78 is 33.6. The van der Waals surface area contributed by atoms with Gasteiger partial charge >= 0.3 is 5.97 Å². The molecule has 0 aromatic heterocycles. The first-order valence-corrected chi connectivity index (χ1v) is 10.8. The molecule has 0 aliphatic carbocycles. The van der Waals surface area contributed by atoms with Crippen LogP contribution in [0.1, 0.15) is 15.9 Å². The number of non-ortho nitro benzene ring substituents is 1. The third-order valence-electron chi connectivity index (χ3n) is 4.37. The maximum absolute atomic E-state index is 13.1. The molecular formula is C21H18N4O7S. The lowest BCUT2D eigenvalue weighted by atomic mass is 10.1. The Morgan fingerprint density at radius 2 is 1.79 bits per heavy atom. The lowest BCUT2D eigenvalue weighted by Crippen LogP contribution is -2.15. The summed E-state index contributed by atoms with van der Waals surface area (Å²) >= 11 is 0. The Balaban J connectivity index is 1.92.